The van der Waals surface area contributed by atoms with Gasteiger partial charge in [0.2, 0.25) is 5.91 Å². The first-order valence-corrected chi connectivity index (χ1v) is 6.07. The molecule has 0 radical (unpaired) electrons. The lowest BCUT2D eigenvalue weighted by Gasteiger charge is -2.54. The van der Waals surface area contributed by atoms with Crippen LogP contribution in [0, 0.1) is 0 Å². The number of rotatable bonds is 0. The van der Waals surface area contributed by atoms with Crippen LogP contribution >= 0.6 is 0 Å². The molecule has 16 heavy (non-hydrogen) atoms. The van der Waals surface area contributed by atoms with Crippen molar-refractivity contribution in [1.29, 1.82) is 0 Å². The van der Waals surface area contributed by atoms with E-state index in [-0.39, 0.29) is 23.6 Å². The maximum atomic E-state index is 12.1. The van der Waals surface area contributed by atoms with Gasteiger partial charge in [0.1, 0.15) is 6.61 Å². The van der Waals surface area contributed by atoms with Gasteiger partial charge in [-0.1, -0.05) is 0 Å². The first-order valence-electron chi connectivity index (χ1n) is 6.07. The van der Waals surface area contributed by atoms with Crippen molar-refractivity contribution in [2.45, 2.75) is 44.7 Å². The van der Waals surface area contributed by atoms with E-state index < -0.39 is 0 Å². The molecule has 2 saturated heterocycles. The molecule has 1 atom stereocenters. The summed E-state index contributed by atoms with van der Waals surface area (Å²) in [5.41, 5.74) is -0.244. The van der Waals surface area contributed by atoms with Crippen LogP contribution in [-0.2, 0) is 9.53 Å². The third kappa shape index (κ3) is 1.96. The van der Waals surface area contributed by atoms with E-state index in [4.69, 9.17) is 4.74 Å². The zero-order valence-electron chi connectivity index (χ0n) is 10.5. The Kier molecular flexibility index (Phi) is 2.97. The summed E-state index contributed by atoms with van der Waals surface area (Å²) in [5.74, 6) is 0.127. The lowest BCUT2D eigenvalue weighted by Crippen LogP contribution is -2.70. The Morgan fingerprint density at radius 3 is 2.75 bits per heavy atom. The van der Waals surface area contributed by atoms with Crippen molar-refractivity contribution in [3.05, 3.63) is 0 Å². The average molecular weight is 226 g/mol. The van der Waals surface area contributed by atoms with Crippen molar-refractivity contribution in [1.82, 2.24) is 10.2 Å². The zero-order valence-corrected chi connectivity index (χ0v) is 10.5. The quantitative estimate of drug-likeness (QED) is 0.663. The number of carbonyl (C=O) groups excluding carboxylic acids is 1. The molecule has 0 bridgehead atoms. The molecule has 2 aliphatic rings. The fourth-order valence-electron chi connectivity index (χ4n) is 3.07. The second kappa shape index (κ2) is 4.00. The van der Waals surface area contributed by atoms with Gasteiger partial charge in [0.25, 0.3) is 0 Å². The molecule has 2 rings (SSSR count). The van der Waals surface area contributed by atoms with Gasteiger partial charge in [-0.15, -0.1) is 0 Å². The van der Waals surface area contributed by atoms with Gasteiger partial charge in [-0.25, -0.2) is 0 Å². The lowest BCUT2D eigenvalue weighted by atomic mass is 9.84. The standard InChI is InChI=1S/C12H22N2O2/c1-11(2,3)14-10(15)7-16-9-12(14)5-4-6-13-8-12/h13H,4-9H2,1-3H3. The smallest absolute Gasteiger partial charge is 0.249 e. The van der Waals surface area contributed by atoms with Crippen molar-refractivity contribution in [3.8, 4) is 0 Å². The molecule has 1 unspecified atom stereocenters. The van der Waals surface area contributed by atoms with Gasteiger partial charge < -0.3 is 15.0 Å². The number of nitrogens with one attached hydrogen (secondary N) is 1. The minimum absolute atomic E-state index is 0.119. The molecule has 0 aromatic heterocycles. The molecule has 1 spiro atoms. The van der Waals surface area contributed by atoms with Gasteiger partial charge in [0.15, 0.2) is 0 Å². The van der Waals surface area contributed by atoms with Crippen LogP contribution in [0.2, 0.25) is 0 Å². The zero-order chi connectivity index (χ0) is 11.8. The predicted molar refractivity (Wildman–Crippen MR) is 62.3 cm³/mol. The van der Waals surface area contributed by atoms with Crippen molar-refractivity contribution in [2.24, 2.45) is 0 Å². The minimum atomic E-state index is -0.125. The summed E-state index contributed by atoms with van der Waals surface area (Å²) in [6, 6.07) is 0. The Labute approximate surface area is 97.3 Å². The van der Waals surface area contributed by atoms with E-state index in [1.807, 2.05) is 0 Å². The second-order valence-corrected chi connectivity index (χ2v) is 5.90. The van der Waals surface area contributed by atoms with E-state index in [0.717, 1.165) is 25.9 Å². The summed E-state index contributed by atoms with van der Waals surface area (Å²) in [7, 11) is 0. The highest BCUT2D eigenvalue weighted by Gasteiger charge is 2.48. The average Bonchev–Trinajstić information content (AvgIpc) is 2.16. The first-order chi connectivity index (χ1) is 7.46. The lowest BCUT2D eigenvalue weighted by molar-refractivity contribution is -0.171. The van der Waals surface area contributed by atoms with Crippen LogP contribution in [0.25, 0.3) is 0 Å². The van der Waals surface area contributed by atoms with Gasteiger partial charge in [0, 0.05) is 12.1 Å². The van der Waals surface area contributed by atoms with E-state index in [0.29, 0.717) is 6.61 Å². The maximum Gasteiger partial charge on any atom is 0.249 e. The molecule has 4 heteroatoms. The number of hydrogen-bond acceptors (Lipinski definition) is 3. The molecule has 0 saturated carbocycles. The van der Waals surface area contributed by atoms with Gasteiger partial charge >= 0.3 is 0 Å². The molecule has 0 aromatic carbocycles. The van der Waals surface area contributed by atoms with E-state index >= 15 is 0 Å². The Morgan fingerprint density at radius 2 is 2.19 bits per heavy atom. The third-order valence-electron chi connectivity index (χ3n) is 3.44. The van der Waals surface area contributed by atoms with Gasteiger partial charge in [0.05, 0.1) is 12.1 Å². The summed E-state index contributed by atoms with van der Waals surface area (Å²) >= 11 is 0. The Hall–Kier alpha value is -0.610. The molecular formula is C12H22N2O2. The highest BCUT2D eigenvalue weighted by molar-refractivity contribution is 5.80. The second-order valence-electron chi connectivity index (χ2n) is 5.90. The number of carbonyl (C=O) groups is 1. The first kappa shape index (κ1) is 11.9. The summed E-state index contributed by atoms with van der Waals surface area (Å²) in [4.78, 5) is 14.1. The highest BCUT2D eigenvalue weighted by atomic mass is 16.5. The Morgan fingerprint density at radius 1 is 1.44 bits per heavy atom. The molecule has 2 heterocycles. The molecule has 1 N–H and O–H groups in total. The number of hydrogen-bond donors (Lipinski definition) is 1. The van der Waals surface area contributed by atoms with E-state index in [1.54, 1.807) is 0 Å². The topological polar surface area (TPSA) is 41.6 Å². The summed E-state index contributed by atoms with van der Waals surface area (Å²) in [6.07, 6.45) is 2.16. The Bertz CT molecular complexity index is 272. The maximum absolute atomic E-state index is 12.1. The number of piperidine rings is 1. The Balaban J connectivity index is 2.29. The van der Waals surface area contributed by atoms with Crippen LogP contribution in [-0.4, -0.2) is 48.2 Å². The van der Waals surface area contributed by atoms with Crippen LogP contribution in [0.3, 0.4) is 0 Å². The minimum Gasteiger partial charge on any atom is -0.369 e. The highest BCUT2D eigenvalue weighted by Crippen LogP contribution is 2.33. The monoisotopic (exact) mass is 226 g/mol. The van der Waals surface area contributed by atoms with Crippen molar-refractivity contribution in [3.63, 3.8) is 0 Å². The van der Waals surface area contributed by atoms with Crippen LogP contribution in [0.1, 0.15) is 33.6 Å². The fraction of sp³-hybridized carbons (Fsp3) is 0.917. The molecular weight excluding hydrogens is 204 g/mol. The molecule has 92 valence electrons. The van der Waals surface area contributed by atoms with Crippen molar-refractivity contribution < 1.29 is 9.53 Å². The van der Waals surface area contributed by atoms with Gasteiger partial charge in [-0.2, -0.15) is 0 Å². The summed E-state index contributed by atoms with van der Waals surface area (Å²) in [5, 5.41) is 3.39. The molecule has 2 aliphatic heterocycles. The van der Waals surface area contributed by atoms with Gasteiger partial charge in [-0.05, 0) is 40.2 Å². The van der Waals surface area contributed by atoms with Crippen LogP contribution in [0.4, 0.5) is 0 Å². The molecule has 0 aliphatic carbocycles. The fourth-order valence-corrected chi connectivity index (χ4v) is 3.07. The summed E-state index contributed by atoms with van der Waals surface area (Å²) < 4.78 is 5.47. The number of ether oxygens (including phenoxy) is 1. The molecule has 0 aromatic rings. The normalized spacial score (nSPS) is 32.2. The van der Waals surface area contributed by atoms with Crippen molar-refractivity contribution >= 4 is 5.91 Å². The molecule has 4 nitrogen and oxygen atoms in total. The van der Waals surface area contributed by atoms with Crippen LogP contribution < -0.4 is 5.32 Å². The van der Waals surface area contributed by atoms with Gasteiger partial charge in [-0.3, -0.25) is 4.79 Å². The number of morpholine rings is 1. The molecule has 1 amide bonds. The largest absolute Gasteiger partial charge is 0.369 e. The van der Waals surface area contributed by atoms with Crippen LogP contribution in [0.5, 0.6) is 0 Å². The predicted octanol–water partition coefficient (Wildman–Crippen LogP) is 0.766. The number of amides is 1. The summed E-state index contributed by atoms with van der Waals surface area (Å²) in [6.45, 7) is 9.12. The van der Waals surface area contributed by atoms with Crippen LogP contribution in [0.15, 0.2) is 0 Å². The molecule has 2 fully saturated rings. The van der Waals surface area contributed by atoms with E-state index in [1.165, 1.54) is 0 Å². The third-order valence-corrected chi connectivity index (χ3v) is 3.44. The number of nitrogens with zero attached hydrogens (tertiary/aromatic N) is 1. The SMILES string of the molecule is CC(C)(C)N1C(=O)COCC12CCCNC2. The van der Waals surface area contributed by atoms with E-state index in [2.05, 4.69) is 31.0 Å². The van der Waals surface area contributed by atoms with Crippen molar-refractivity contribution in [2.75, 3.05) is 26.3 Å². The van der Waals surface area contributed by atoms with E-state index in [9.17, 15) is 4.79 Å².